The van der Waals surface area contributed by atoms with Crippen molar-refractivity contribution in [2.45, 2.75) is 32.7 Å². The predicted molar refractivity (Wildman–Crippen MR) is 90.8 cm³/mol. The molecule has 4 nitrogen and oxygen atoms in total. The molecule has 0 aliphatic carbocycles. The Bertz CT molecular complexity index is 616. The molecule has 0 aromatic heterocycles. The molecule has 2 aliphatic rings. The van der Waals surface area contributed by atoms with Gasteiger partial charge < -0.3 is 4.90 Å². The number of amides is 2. The van der Waals surface area contributed by atoms with E-state index in [9.17, 15) is 9.59 Å². The van der Waals surface area contributed by atoms with E-state index in [1.165, 1.54) is 23.4 Å². The fourth-order valence-corrected chi connectivity index (χ4v) is 3.79. The van der Waals surface area contributed by atoms with Crippen molar-refractivity contribution in [2.24, 2.45) is 0 Å². The molecular formula is C17H20N2O2S. The molecule has 2 aliphatic heterocycles. The number of hydrogen-bond acceptors (Lipinski definition) is 4. The van der Waals surface area contributed by atoms with Gasteiger partial charge in [-0.2, -0.15) is 0 Å². The van der Waals surface area contributed by atoms with E-state index in [0.29, 0.717) is 4.91 Å². The number of carbonyl (C=O) groups is 2. The van der Waals surface area contributed by atoms with Crippen LogP contribution < -0.4 is 4.90 Å². The van der Waals surface area contributed by atoms with Gasteiger partial charge >= 0.3 is 0 Å². The van der Waals surface area contributed by atoms with Gasteiger partial charge in [0, 0.05) is 24.8 Å². The second-order valence-electron chi connectivity index (χ2n) is 5.93. The van der Waals surface area contributed by atoms with E-state index in [2.05, 4.69) is 17.0 Å². The number of benzene rings is 1. The Labute approximate surface area is 135 Å². The quantitative estimate of drug-likeness (QED) is 0.797. The second-order valence-corrected chi connectivity index (χ2v) is 6.92. The first-order chi connectivity index (χ1) is 10.6. The van der Waals surface area contributed by atoms with Gasteiger partial charge in [0.25, 0.3) is 11.1 Å². The average molecular weight is 316 g/mol. The monoisotopic (exact) mass is 316 g/mol. The highest BCUT2D eigenvalue weighted by molar-refractivity contribution is 8.18. The van der Waals surface area contributed by atoms with E-state index in [4.69, 9.17) is 0 Å². The summed E-state index contributed by atoms with van der Waals surface area (Å²) in [4.78, 5) is 28.3. The van der Waals surface area contributed by atoms with Crippen LogP contribution in [0, 0.1) is 0 Å². The molecule has 0 N–H and O–H groups in total. The summed E-state index contributed by atoms with van der Waals surface area (Å²) in [5.41, 5.74) is 2.18. The Morgan fingerprint density at radius 3 is 2.27 bits per heavy atom. The fraction of sp³-hybridized carbons (Fsp3) is 0.412. The molecule has 1 aromatic rings. The maximum atomic E-state index is 12.2. The summed E-state index contributed by atoms with van der Waals surface area (Å²) in [5.74, 6) is -0.186. The van der Waals surface area contributed by atoms with Gasteiger partial charge in [0.1, 0.15) is 0 Å². The van der Waals surface area contributed by atoms with Crippen LogP contribution in [0.15, 0.2) is 29.2 Å². The lowest BCUT2D eigenvalue weighted by molar-refractivity contribution is -0.123. The summed E-state index contributed by atoms with van der Waals surface area (Å²) in [6, 6.07) is 8.10. The summed E-state index contributed by atoms with van der Waals surface area (Å²) in [5, 5.41) is -0.181. The molecule has 1 aromatic carbocycles. The maximum absolute atomic E-state index is 12.2. The van der Waals surface area contributed by atoms with Gasteiger partial charge in [-0.15, -0.1) is 0 Å². The summed E-state index contributed by atoms with van der Waals surface area (Å²) in [6.07, 6.45) is 4.31. The first-order valence-electron chi connectivity index (χ1n) is 7.68. The van der Waals surface area contributed by atoms with Crippen molar-refractivity contribution in [3.05, 3.63) is 34.7 Å². The Balaban J connectivity index is 1.77. The number of thioether (sulfide) groups is 1. The molecule has 2 saturated heterocycles. The molecule has 2 heterocycles. The van der Waals surface area contributed by atoms with Crippen molar-refractivity contribution in [1.82, 2.24) is 4.90 Å². The van der Waals surface area contributed by atoms with Gasteiger partial charge in [-0.25, -0.2) is 0 Å². The predicted octanol–water partition coefficient (Wildman–Crippen LogP) is 3.73. The largest absolute Gasteiger partial charge is 0.372 e. The van der Waals surface area contributed by atoms with Crippen molar-refractivity contribution < 1.29 is 9.59 Å². The number of hydrogen-bond donors (Lipinski definition) is 0. The minimum absolute atomic E-state index is 0.101. The zero-order valence-corrected chi connectivity index (χ0v) is 13.7. The van der Waals surface area contributed by atoms with E-state index in [-0.39, 0.29) is 17.2 Å². The molecular weight excluding hydrogens is 296 g/mol. The highest BCUT2D eigenvalue weighted by Crippen LogP contribution is 2.33. The van der Waals surface area contributed by atoms with Crippen LogP contribution in [-0.4, -0.2) is 35.2 Å². The Morgan fingerprint density at radius 1 is 1.09 bits per heavy atom. The van der Waals surface area contributed by atoms with E-state index in [1.54, 1.807) is 6.08 Å². The lowest BCUT2D eigenvalue weighted by Crippen LogP contribution is -2.34. The molecule has 0 saturated carbocycles. The third-order valence-electron chi connectivity index (χ3n) is 4.00. The third kappa shape index (κ3) is 2.90. The van der Waals surface area contributed by atoms with Gasteiger partial charge in [-0.3, -0.25) is 14.5 Å². The van der Waals surface area contributed by atoms with Crippen LogP contribution in [0.5, 0.6) is 0 Å². The Morgan fingerprint density at radius 2 is 1.73 bits per heavy atom. The van der Waals surface area contributed by atoms with Gasteiger partial charge in [0.15, 0.2) is 0 Å². The summed E-state index contributed by atoms with van der Waals surface area (Å²) in [6.45, 7) is 5.94. The number of carbonyl (C=O) groups excluding carboxylic acids is 2. The SMILES string of the molecule is CC(C)N1C(=O)S/C(=C\c2ccc(N3CCCC3)cc2)C1=O. The first-order valence-corrected chi connectivity index (χ1v) is 8.50. The first kappa shape index (κ1) is 15.2. The van der Waals surface area contributed by atoms with Crippen molar-refractivity contribution in [3.63, 3.8) is 0 Å². The zero-order chi connectivity index (χ0) is 15.7. The third-order valence-corrected chi connectivity index (χ3v) is 4.89. The molecule has 5 heteroatoms. The van der Waals surface area contributed by atoms with E-state index in [0.717, 1.165) is 30.4 Å². The molecule has 116 valence electrons. The molecule has 2 amide bonds. The van der Waals surface area contributed by atoms with Crippen LogP contribution in [0.2, 0.25) is 0 Å². The van der Waals surface area contributed by atoms with Crippen LogP contribution in [-0.2, 0) is 4.79 Å². The number of rotatable bonds is 3. The van der Waals surface area contributed by atoms with E-state index < -0.39 is 0 Å². The molecule has 0 atom stereocenters. The minimum atomic E-state index is -0.186. The van der Waals surface area contributed by atoms with Crippen molar-refractivity contribution >= 4 is 34.7 Å². The van der Waals surface area contributed by atoms with E-state index >= 15 is 0 Å². The molecule has 0 radical (unpaired) electrons. The zero-order valence-electron chi connectivity index (χ0n) is 12.9. The standard InChI is InChI=1S/C17H20N2O2S/c1-12(2)19-16(20)15(22-17(19)21)11-13-5-7-14(8-6-13)18-9-3-4-10-18/h5-8,11-12H,3-4,9-10H2,1-2H3/b15-11-. The maximum Gasteiger partial charge on any atom is 0.293 e. The lowest BCUT2D eigenvalue weighted by Gasteiger charge is -2.17. The smallest absolute Gasteiger partial charge is 0.293 e. The van der Waals surface area contributed by atoms with Crippen LogP contribution in [0.4, 0.5) is 10.5 Å². The molecule has 0 spiro atoms. The molecule has 22 heavy (non-hydrogen) atoms. The van der Waals surface area contributed by atoms with Crippen LogP contribution >= 0.6 is 11.8 Å². The lowest BCUT2D eigenvalue weighted by atomic mass is 10.1. The number of imide groups is 1. The van der Waals surface area contributed by atoms with Crippen LogP contribution in [0.3, 0.4) is 0 Å². The Kier molecular flexibility index (Phi) is 4.25. The molecule has 2 fully saturated rings. The molecule has 0 bridgehead atoms. The van der Waals surface area contributed by atoms with Gasteiger partial charge in [0.05, 0.1) is 4.91 Å². The number of nitrogens with zero attached hydrogens (tertiary/aromatic N) is 2. The van der Waals surface area contributed by atoms with Crippen molar-refractivity contribution in [3.8, 4) is 0 Å². The van der Waals surface area contributed by atoms with Gasteiger partial charge in [0.2, 0.25) is 0 Å². The summed E-state index contributed by atoms with van der Waals surface area (Å²) < 4.78 is 0. The highest BCUT2D eigenvalue weighted by Gasteiger charge is 2.36. The van der Waals surface area contributed by atoms with Crippen LogP contribution in [0.25, 0.3) is 6.08 Å². The summed E-state index contributed by atoms with van der Waals surface area (Å²) in [7, 11) is 0. The molecule has 3 rings (SSSR count). The van der Waals surface area contributed by atoms with Crippen molar-refractivity contribution in [1.29, 1.82) is 0 Å². The van der Waals surface area contributed by atoms with Crippen LogP contribution in [0.1, 0.15) is 32.3 Å². The average Bonchev–Trinajstić information content (AvgIpc) is 3.09. The Hall–Kier alpha value is -1.75. The van der Waals surface area contributed by atoms with E-state index in [1.807, 2.05) is 26.0 Å². The minimum Gasteiger partial charge on any atom is -0.372 e. The normalized spacial score (nSPS) is 20.8. The topological polar surface area (TPSA) is 40.6 Å². The fourth-order valence-electron chi connectivity index (χ4n) is 2.83. The van der Waals surface area contributed by atoms with Gasteiger partial charge in [-0.05, 0) is 62.2 Å². The molecule has 0 unspecified atom stereocenters. The highest BCUT2D eigenvalue weighted by atomic mass is 32.2. The number of anilines is 1. The summed E-state index contributed by atoms with van der Waals surface area (Å²) >= 11 is 1.02. The van der Waals surface area contributed by atoms with Crippen molar-refractivity contribution in [2.75, 3.05) is 18.0 Å². The second kappa shape index (κ2) is 6.16. The van der Waals surface area contributed by atoms with Gasteiger partial charge in [-0.1, -0.05) is 12.1 Å².